The minimum Gasteiger partial charge on any atom is -0.400 e. The Kier molecular flexibility index (Phi) is 8.30. The molecule has 3 heterocycles. The molecule has 2 aromatic rings. The first-order valence-electron chi connectivity index (χ1n) is 7.27. The van der Waals surface area contributed by atoms with Crippen LogP contribution in [0.1, 0.15) is 19.1 Å². The van der Waals surface area contributed by atoms with Gasteiger partial charge < -0.3 is 24.7 Å². The number of H-pyrrole nitrogens is 2. The summed E-state index contributed by atoms with van der Waals surface area (Å²) >= 11 is 0. The van der Waals surface area contributed by atoms with Gasteiger partial charge in [-0.1, -0.05) is 0 Å². The maximum atomic E-state index is 11.6. The lowest BCUT2D eigenvalue weighted by Gasteiger charge is -2.15. The zero-order valence-corrected chi connectivity index (χ0v) is 14.9. The molecule has 26 heavy (non-hydrogen) atoms. The molecule has 13 nitrogen and oxygen atoms in total. The molecule has 0 bridgehead atoms. The van der Waals surface area contributed by atoms with Crippen molar-refractivity contribution in [2.24, 2.45) is 0 Å². The second kappa shape index (κ2) is 9.73. The second-order valence-corrected chi connectivity index (χ2v) is 6.07. The summed E-state index contributed by atoms with van der Waals surface area (Å²) in [5, 5.41) is 14.0. The van der Waals surface area contributed by atoms with Crippen molar-refractivity contribution in [3.05, 3.63) is 27.2 Å². The van der Waals surface area contributed by atoms with Gasteiger partial charge in [-0.25, -0.2) is 14.3 Å². The number of hydrogen-bond donors (Lipinski definition) is 6. The third kappa shape index (κ3) is 5.57. The van der Waals surface area contributed by atoms with Crippen molar-refractivity contribution in [3.8, 4) is 0 Å². The van der Waals surface area contributed by atoms with Gasteiger partial charge in [0, 0.05) is 14.2 Å². The standard InChI is InChI=1S/C10H13N4O7P.2CH4O/c15-9-7-8(12-10(16)13-9)14(4-11-7)6-2-1-5(21-6)3-20-22(17,18)19;2*1-2/h4-6H,1-3H2,(H2,17,18,19)(H2,12,13,15,16);2*2H,1H3/t5-,6+;;/m0../s1. The van der Waals surface area contributed by atoms with Crippen LogP contribution in [0.3, 0.4) is 0 Å². The molecule has 0 saturated carbocycles. The van der Waals surface area contributed by atoms with Gasteiger partial charge in [0.2, 0.25) is 0 Å². The smallest absolute Gasteiger partial charge is 0.400 e. The molecule has 0 aromatic carbocycles. The zero-order valence-electron chi connectivity index (χ0n) is 14.0. The van der Waals surface area contributed by atoms with E-state index in [0.717, 1.165) is 14.2 Å². The van der Waals surface area contributed by atoms with Crippen LogP contribution in [0.25, 0.3) is 11.2 Å². The van der Waals surface area contributed by atoms with Crippen molar-refractivity contribution < 1.29 is 33.8 Å². The molecule has 0 radical (unpaired) electrons. The molecule has 1 saturated heterocycles. The van der Waals surface area contributed by atoms with Crippen LogP contribution in [0, 0.1) is 0 Å². The predicted molar refractivity (Wildman–Crippen MR) is 88.4 cm³/mol. The van der Waals surface area contributed by atoms with E-state index in [0.29, 0.717) is 12.8 Å². The van der Waals surface area contributed by atoms with Gasteiger partial charge in [-0.15, -0.1) is 0 Å². The normalized spacial score (nSPS) is 19.5. The lowest BCUT2D eigenvalue weighted by Crippen LogP contribution is -2.23. The molecule has 6 N–H and O–H groups in total. The highest BCUT2D eigenvalue weighted by Gasteiger charge is 2.30. The number of phosphoric acid groups is 1. The first kappa shape index (κ1) is 22.2. The molecule has 1 fully saturated rings. The van der Waals surface area contributed by atoms with Crippen molar-refractivity contribution in [2.45, 2.75) is 25.2 Å². The molecule has 1 aliphatic heterocycles. The summed E-state index contributed by atoms with van der Waals surface area (Å²) in [4.78, 5) is 48.8. The van der Waals surface area contributed by atoms with Gasteiger partial charge in [0.15, 0.2) is 5.52 Å². The summed E-state index contributed by atoms with van der Waals surface area (Å²) in [6, 6.07) is 0. The van der Waals surface area contributed by atoms with Gasteiger partial charge in [-0.2, -0.15) is 0 Å². The summed E-state index contributed by atoms with van der Waals surface area (Å²) in [5.41, 5.74) is -0.941. The monoisotopic (exact) mass is 396 g/mol. The summed E-state index contributed by atoms with van der Waals surface area (Å²) in [5.74, 6) is 0. The van der Waals surface area contributed by atoms with E-state index in [2.05, 4.69) is 19.5 Å². The number of ether oxygens (including phenoxy) is 1. The molecular weight excluding hydrogens is 375 g/mol. The number of aromatic amines is 2. The van der Waals surface area contributed by atoms with Gasteiger partial charge in [-0.05, 0) is 12.8 Å². The van der Waals surface area contributed by atoms with Gasteiger partial charge in [-0.3, -0.25) is 23.9 Å². The number of imidazole rings is 1. The van der Waals surface area contributed by atoms with Crippen LogP contribution in [-0.4, -0.2) is 66.4 Å². The van der Waals surface area contributed by atoms with Crippen LogP contribution < -0.4 is 11.2 Å². The van der Waals surface area contributed by atoms with E-state index in [9.17, 15) is 14.2 Å². The van der Waals surface area contributed by atoms with E-state index in [1.807, 2.05) is 0 Å². The lowest BCUT2D eigenvalue weighted by atomic mass is 10.2. The van der Waals surface area contributed by atoms with Crippen molar-refractivity contribution in [3.63, 3.8) is 0 Å². The Balaban J connectivity index is 0.000000791. The Labute approximate surface area is 146 Å². The fourth-order valence-electron chi connectivity index (χ4n) is 2.36. The minimum absolute atomic E-state index is 0.0816. The number of hydrogen-bond acceptors (Lipinski definition) is 8. The predicted octanol–water partition coefficient (Wildman–Crippen LogP) is -1.58. The van der Waals surface area contributed by atoms with Crippen LogP contribution in [0.5, 0.6) is 0 Å². The highest BCUT2D eigenvalue weighted by molar-refractivity contribution is 7.46. The molecule has 1 aliphatic rings. The van der Waals surface area contributed by atoms with E-state index in [-0.39, 0.29) is 17.8 Å². The summed E-state index contributed by atoms with van der Waals surface area (Å²) in [6.45, 7) is -0.246. The third-order valence-corrected chi connectivity index (χ3v) is 3.78. The Morgan fingerprint density at radius 2 is 1.92 bits per heavy atom. The Bertz CT molecular complexity index is 854. The molecule has 2 atom stereocenters. The number of nitrogens with one attached hydrogen (secondary N) is 2. The Morgan fingerprint density at radius 3 is 2.54 bits per heavy atom. The topological polar surface area (TPSA) is 200 Å². The van der Waals surface area contributed by atoms with E-state index in [1.165, 1.54) is 10.9 Å². The highest BCUT2D eigenvalue weighted by atomic mass is 31.2. The molecule has 0 amide bonds. The molecule has 0 unspecified atom stereocenters. The summed E-state index contributed by atoms with van der Waals surface area (Å²) in [7, 11) is -2.54. The Morgan fingerprint density at radius 1 is 1.27 bits per heavy atom. The number of aliphatic hydroxyl groups excluding tert-OH is 2. The van der Waals surface area contributed by atoms with Crippen LogP contribution in [0.15, 0.2) is 15.9 Å². The molecule has 14 heteroatoms. The second-order valence-electron chi connectivity index (χ2n) is 4.83. The van der Waals surface area contributed by atoms with Crippen molar-refractivity contribution in [1.29, 1.82) is 0 Å². The van der Waals surface area contributed by atoms with Crippen LogP contribution in [0.2, 0.25) is 0 Å². The first-order valence-corrected chi connectivity index (χ1v) is 8.80. The summed E-state index contributed by atoms with van der Waals surface area (Å²) < 4.78 is 22.2. The molecule has 0 aliphatic carbocycles. The number of phosphoric ester groups is 1. The van der Waals surface area contributed by atoms with Gasteiger partial charge in [0.1, 0.15) is 11.9 Å². The average Bonchev–Trinajstić information content (AvgIpc) is 3.22. The van der Waals surface area contributed by atoms with Crippen molar-refractivity contribution >= 4 is 19.0 Å². The maximum absolute atomic E-state index is 11.6. The maximum Gasteiger partial charge on any atom is 0.469 e. The van der Waals surface area contributed by atoms with Crippen molar-refractivity contribution in [1.82, 2.24) is 19.5 Å². The fourth-order valence-corrected chi connectivity index (χ4v) is 2.73. The SMILES string of the molecule is CO.CO.O=c1[nH]c(=O)c2ncn([C@H]3CC[C@@H](COP(=O)(O)O)O3)c2[nH]1. The highest BCUT2D eigenvalue weighted by Crippen LogP contribution is 2.38. The third-order valence-electron chi connectivity index (χ3n) is 3.29. The molecule has 3 rings (SSSR count). The van der Waals surface area contributed by atoms with Gasteiger partial charge in [0.25, 0.3) is 5.56 Å². The first-order chi connectivity index (χ1) is 12.3. The molecular formula is C12H21N4O9P. The van der Waals surface area contributed by atoms with E-state index < -0.39 is 31.4 Å². The average molecular weight is 396 g/mol. The van der Waals surface area contributed by atoms with E-state index in [1.54, 1.807) is 0 Å². The fraction of sp³-hybridized carbons (Fsp3) is 0.583. The molecule has 0 spiro atoms. The van der Waals surface area contributed by atoms with Gasteiger partial charge >= 0.3 is 13.5 Å². The zero-order chi connectivity index (χ0) is 19.9. The minimum atomic E-state index is -4.54. The number of fused-ring (bicyclic) bond motifs is 1. The van der Waals surface area contributed by atoms with Crippen molar-refractivity contribution in [2.75, 3.05) is 20.8 Å². The van der Waals surface area contributed by atoms with Crippen LogP contribution in [0.4, 0.5) is 0 Å². The van der Waals surface area contributed by atoms with E-state index >= 15 is 0 Å². The van der Waals surface area contributed by atoms with Crippen LogP contribution in [-0.2, 0) is 13.8 Å². The molecule has 148 valence electrons. The quantitative estimate of drug-likeness (QED) is 0.328. The van der Waals surface area contributed by atoms with Gasteiger partial charge in [0.05, 0.1) is 19.0 Å². The number of nitrogens with zero attached hydrogens (tertiary/aromatic N) is 2. The largest absolute Gasteiger partial charge is 0.469 e. The number of rotatable bonds is 4. The molecule has 2 aromatic heterocycles. The number of aromatic nitrogens is 4. The van der Waals surface area contributed by atoms with Crippen LogP contribution >= 0.6 is 7.82 Å². The Hall–Kier alpha value is -1.86. The number of aliphatic hydroxyl groups is 2. The summed E-state index contributed by atoms with van der Waals surface area (Å²) in [6.07, 6.45) is 1.40. The van der Waals surface area contributed by atoms with E-state index in [4.69, 9.17) is 24.7 Å². The lowest BCUT2D eigenvalue weighted by molar-refractivity contribution is -0.0205.